The number of ketones is 1. The Morgan fingerprint density at radius 2 is 2.00 bits per heavy atom. The first kappa shape index (κ1) is 23.1. The van der Waals surface area contributed by atoms with Gasteiger partial charge in [0.1, 0.15) is 0 Å². The topological polar surface area (TPSA) is 63.6 Å². The van der Waals surface area contributed by atoms with Gasteiger partial charge >= 0.3 is 5.97 Å². The maximum absolute atomic E-state index is 12.0. The molecule has 1 rings (SSSR count). The molecular weight excluding hydrogens is 340 g/mol. The molecule has 150 valence electrons. The Hall–Kier alpha value is -1.94. The fourth-order valence-electron chi connectivity index (χ4n) is 2.87. The van der Waals surface area contributed by atoms with Gasteiger partial charge in [0.25, 0.3) is 0 Å². The molecule has 1 N–H and O–H groups in total. The highest BCUT2D eigenvalue weighted by Crippen LogP contribution is 2.26. The van der Waals surface area contributed by atoms with Crippen LogP contribution in [-0.4, -0.2) is 29.1 Å². The molecule has 0 fully saturated rings. The molecule has 1 aliphatic carbocycles. The number of ether oxygens (including phenoxy) is 1. The maximum Gasteiger partial charge on any atom is 0.306 e. The average Bonchev–Trinajstić information content (AvgIpc) is 2.95. The van der Waals surface area contributed by atoms with E-state index in [0.29, 0.717) is 19.3 Å². The molecule has 4 nitrogen and oxygen atoms in total. The van der Waals surface area contributed by atoms with Crippen LogP contribution < -0.4 is 0 Å². The van der Waals surface area contributed by atoms with E-state index in [0.717, 1.165) is 31.3 Å². The molecule has 0 aromatic heterocycles. The summed E-state index contributed by atoms with van der Waals surface area (Å²) in [5.41, 5.74) is 0.777. The molecular formula is C23H34O4. The molecule has 0 aromatic carbocycles. The Bertz CT molecular complexity index is 581. The van der Waals surface area contributed by atoms with Crippen molar-refractivity contribution >= 4 is 11.8 Å². The molecule has 0 radical (unpaired) electrons. The SMILES string of the molecule is CC/C=C\C[C@H](O)C/C=C1/C(=O)C=C[C@@H]1C/C=C\CCCC(=O)OC(C)C. The fourth-order valence-corrected chi connectivity index (χ4v) is 2.87. The van der Waals surface area contributed by atoms with E-state index in [4.69, 9.17) is 4.74 Å². The number of hydrogen-bond donors (Lipinski definition) is 1. The summed E-state index contributed by atoms with van der Waals surface area (Å²) in [5, 5.41) is 10.0. The van der Waals surface area contributed by atoms with Gasteiger partial charge in [0, 0.05) is 17.9 Å². The molecule has 1 aliphatic rings. The summed E-state index contributed by atoms with van der Waals surface area (Å²) >= 11 is 0. The third kappa shape index (κ3) is 10.1. The van der Waals surface area contributed by atoms with Crippen molar-refractivity contribution in [2.24, 2.45) is 5.92 Å². The monoisotopic (exact) mass is 374 g/mol. The highest BCUT2D eigenvalue weighted by atomic mass is 16.5. The standard InChI is InChI=1S/C23H34O4/c1-4-5-8-12-20(24)15-16-21-19(14-17-22(21)25)11-9-6-7-10-13-23(26)27-18(2)3/h5-6,8-9,14,16-20,24H,4,7,10-13,15H2,1-3H3/b8-5-,9-6-,21-16+/t19-,20-/m0/s1. The zero-order valence-corrected chi connectivity index (χ0v) is 16.9. The van der Waals surface area contributed by atoms with Crippen molar-refractivity contribution in [3.8, 4) is 0 Å². The van der Waals surface area contributed by atoms with Gasteiger partial charge in [0.05, 0.1) is 12.2 Å². The van der Waals surface area contributed by atoms with Crippen LogP contribution in [0.25, 0.3) is 0 Å². The lowest BCUT2D eigenvalue weighted by Crippen LogP contribution is -2.10. The molecule has 0 aromatic rings. The second kappa shape index (κ2) is 13.3. The third-order valence-corrected chi connectivity index (χ3v) is 4.26. The fraction of sp³-hybridized carbons (Fsp3) is 0.565. The maximum atomic E-state index is 12.0. The van der Waals surface area contributed by atoms with Gasteiger partial charge < -0.3 is 9.84 Å². The minimum absolute atomic E-state index is 0.0427. The summed E-state index contributed by atoms with van der Waals surface area (Å²) < 4.78 is 5.10. The number of aliphatic hydroxyl groups excluding tert-OH is 1. The van der Waals surface area contributed by atoms with Crippen molar-refractivity contribution in [3.05, 3.63) is 48.1 Å². The van der Waals surface area contributed by atoms with E-state index >= 15 is 0 Å². The van der Waals surface area contributed by atoms with Gasteiger partial charge in [-0.05, 0) is 58.4 Å². The Balaban J connectivity index is 2.37. The molecule has 27 heavy (non-hydrogen) atoms. The Morgan fingerprint density at radius 1 is 1.22 bits per heavy atom. The van der Waals surface area contributed by atoms with Crippen LogP contribution in [0.5, 0.6) is 0 Å². The second-order valence-electron chi connectivity index (χ2n) is 7.13. The van der Waals surface area contributed by atoms with Crippen LogP contribution in [0.4, 0.5) is 0 Å². The lowest BCUT2D eigenvalue weighted by molar-refractivity contribution is -0.147. The summed E-state index contributed by atoms with van der Waals surface area (Å²) in [7, 11) is 0. The Labute approximate surface area is 163 Å². The quantitative estimate of drug-likeness (QED) is 0.230. The molecule has 0 saturated heterocycles. The van der Waals surface area contributed by atoms with Crippen molar-refractivity contribution in [1.82, 2.24) is 0 Å². The van der Waals surface area contributed by atoms with E-state index < -0.39 is 6.10 Å². The van der Waals surface area contributed by atoms with Gasteiger partial charge in [-0.15, -0.1) is 0 Å². The number of unbranched alkanes of at least 4 members (excludes halogenated alkanes) is 1. The van der Waals surface area contributed by atoms with Gasteiger partial charge in [-0.1, -0.05) is 43.4 Å². The minimum atomic E-state index is -0.449. The van der Waals surface area contributed by atoms with Crippen LogP contribution >= 0.6 is 0 Å². The lowest BCUT2D eigenvalue weighted by atomic mass is 9.96. The number of carbonyl (C=O) groups excluding carboxylic acids is 2. The molecule has 0 saturated carbocycles. The molecule has 0 heterocycles. The summed E-state index contributed by atoms with van der Waals surface area (Å²) in [4.78, 5) is 23.5. The van der Waals surface area contributed by atoms with E-state index in [2.05, 4.69) is 19.1 Å². The van der Waals surface area contributed by atoms with Crippen molar-refractivity contribution in [1.29, 1.82) is 0 Å². The first-order chi connectivity index (χ1) is 12.9. The highest BCUT2D eigenvalue weighted by molar-refractivity contribution is 6.07. The summed E-state index contributed by atoms with van der Waals surface area (Å²) in [5.74, 6) is -0.0283. The van der Waals surface area contributed by atoms with E-state index in [1.165, 1.54) is 0 Å². The Kier molecular flexibility index (Phi) is 11.3. The predicted octanol–water partition coefficient (Wildman–Crippen LogP) is 4.84. The van der Waals surface area contributed by atoms with Crippen LogP contribution in [0.15, 0.2) is 48.1 Å². The van der Waals surface area contributed by atoms with E-state index in [9.17, 15) is 14.7 Å². The number of hydrogen-bond acceptors (Lipinski definition) is 4. The van der Waals surface area contributed by atoms with Crippen molar-refractivity contribution in [2.45, 2.75) is 77.9 Å². The van der Waals surface area contributed by atoms with E-state index in [-0.39, 0.29) is 23.8 Å². The van der Waals surface area contributed by atoms with Crippen molar-refractivity contribution < 1.29 is 19.4 Å². The van der Waals surface area contributed by atoms with Gasteiger partial charge in [-0.2, -0.15) is 0 Å². The first-order valence-corrected chi connectivity index (χ1v) is 10.0. The van der Waals surface area contributed by atoms with Gasteiger partial charge in [0.15, 0.2) is 5.78 Å². The van der Waals surface area contributed by atoms with Crippen LogP contribution in [0, 0.1) is 5.92 Å². The number of allylic oxidation sites excluding steroid dienone is 6. The van der Waals surface area contributed by atoms with Gasteiger partial charge in [0.2, 0.25) is 0 Å². The van der Waals surface area contributed by atoms with E-state index in [1.807, 2.05) is 38.2 Å². The van der Waals surface area contributed by atoms with Crippen molar-refractivity contribution in [2.75, 3.05) is 0 Å². The predicted molar refractivity (Wildman–Crippen MR) is 109 cm³/mol. The molecule has 0 bridgehead atoms. The smallest absolute Gasteiger partial charge is 0.306 e. The summed E-state index contributed by atoms with van der Waals surface area (Å²) in [6, 6.07) is 0. The summed E-state index contributed by atoms with van der Waals surface area (Å²) in [6.45, 7) is 5.75. The minimum Gasteiger partial charge on any atom is -0.463 e. The lowest BCUT2D eigenvalue weighted by Gasteiger charge is -2.10. The number of aliphatic hydroxyl groups is 1. The van der Waals surface area contributed by atoms with Crippen molar-refractivity contribution in [3.63, 3.8) is 0 Å². The van der Waals surface area contributed by atoms with Crippen LogP contribution in [0.3, 0.4) is 0 Å². The second-order valence-corrected chi connectivity index (χ2v) is 7.13. The molecule has 0 unspecified atom stereocenters. The molecule has 4 heteroatoms. The van der Waals surface area contributed by atoms with Crippen LogP contribution in [0.1, 0.15) is 65.7 Å². The van der Waals surface area contributed by atoms with Crippen LogP contribution in [-0.2, 0) is 14.3 Å². The highest BCUT2D eigenvalue weighted by Gasteiger charge is 2.21. The summed E-state index contributed by atoms with van der Waals surface area (Å²) in [6.07, 6.45) is 17.9. The molecule has 2 atom stereocenters. The molecule has 0 aliphatic heterocycles. The van der Waals surface area contributed by atoms with Gasteiger partial charge in [-0.25, -0.2) is 0 Å². The molecule has 0 amide bonds. The zero-order chi connectivity index (χ0) is 20.1. The van der Waals surface area contributed by atoms with E-state index in [1.54, 1.807) is 6.08 Å². The number of esters is 1. The van der Waals surface area contributed by atoms with Gasteiger partial charge in [-0.3, -0.25) is 9.59 Å². The molecule has 0 spiro atoms. The number of rotatable bonds is 12. The average molecular weight is 375 g/mol. The normalized spacial score (nSPS) is 19.8. The third-order valence-electron chi connectivity index (χ3n) is 4.26. The largest absolute Gasteiger partial charge is 0.463 e. The van der Waals surface area contributed by atoms with Crippen LogP contribution in [0.2, 0.25) is 0 Å². The zero-order valence-electron chi connectivity index (χ0n) is 16.9. The number of carbonyl (C=O) groups is 2. The Morgan fingerprint density at radius 3 is 2.70 bits per heavy atom. The first-order valence-electron chi connectivity index (χ1n) is 10.0.